The van der Waals surface area contributed by atoms with Gasteiger partial charge in [-0.3, -0.25) is 4.79 Å². The molecule has 0 unspecified atom stereocenters. The first-order valence-corrected chi connectivity index (χ1v) is 5.47. The largest absolute Gasteiger partial charge is 1.00 e. The van der Waals surface area contributed by atoms with Crippen LogP contribution in [0.1, 0.15) is 5.56 Å². The van der Waals surface area contributed by atoms with Gasteiger partial charge in [-0.05, 0) is 5.56 Å². The molecule has 0 spiro atoms. The Bertz CT molecular complexity index is 333. The van der Waals surface area contributed by atoms with Crippen molar-refractivity contribution in [2.75, 3.05) is 34.3 Å². The van der Waals surface area contributed by atoms with E-state index in [0.29, 0.717) is 13.0 Å². The Morgan fingerprint density at radius 1 is 1.18 bits per heavy atom. The average Bonchev–Trinajstić information content (AvgIpc) is 2.17. The van der Waals surface area contributed by atoms with E-state index in [1.807, 2.05) is 30.3 Å². The number of hydrogen-bond acceptors (Lipinski definition) is 2. The zero-order valence-corrected chi connectivity index (χ0v) is 11.4. The first-order chi connectivity index (χ1) is 7.47. The van der Waals surface area contributed by atoms with E-state index in [2.05, 4.69) is 21.1 Å². The van der Waals surface area contributed by atoms with Crippen molar-refractivity contribution in [2.45, 2.75) is 6.42 Å². The average molecular weight is 258 g/mol. The fourth-order valence-corrected chi connectivity index (χ4v) is 1.25. The van der Waals surface area contributed by atoms with Crippen LogP contribution in [0.15, 0.2) is 30.3 Å². The summed E-state index contributed by atoms with van der Waals surface area (Å²) < 4.78 is 5.97. The lowest BCUT2D eigenvalue weighted by Gasteiger charge is -2.23. The summed E-state index contributed by atoms with van der Waals surface area (Å²) in [6.07, 6.45) is 0.359. The molecule has 0 bridgehead atoms. The van der Waals surface area contributed by atoms with Gasteiger partial charge in [0, 0.05) is 0 Å². The number of halogens is 1. The van der Waals surface area contributed by atoms with E-state index in [9.17, 15) is 4.79 Å². The summed E-state index contributed by atoms with van der Waals surface area (Å²) in [6.45, 7) is 1.32. The number of ether oxygens (including phenoxy) is 1. The van der Waals surface area contributed by atoms with Crippen LogP contribution in [0, 0.1) is 0 Å². The molecule has 1 aromatic rings. The molecular formula is C13H20ClNO2. The van der Waals surface area contributed by atoms with Crippen LogP contribution in [0.5, 0.6) is 0 Å². The minimum atomic E-state index is -0.153. The molecule has 0 atom stereocenters. The molecule has 0 saturated carbocycles. The van der Waals surface area contributed by atoms with Crippen LogP contribution in [-0.2, 0) is 16.0 Å². The van der Waals surface area contributed by atoms with Gasteiger partial charge in [0.2, 0.25) is 0 Å². The molecule has 0 N–H and O–H groups in total. The van der Waals surface area contributed by atoms with Crippen LogP contribution in [0.2, 0.25) is 0 Å². The number of rotatable bonds is 5. The molecule has 0 aliphatic rings. The molecular weight excluding hydrogens is 238 g/mol. The van der Waals surface area contributed by atoms with Crippen molar-refractivity contribution in [1.29, 1.82) is 0 Å². The Hall–Kier alpha value is -1.06. The fourth-order valence-electron chi connectivity index (χ4n) is 1.25. The van der Waals surface area contributed by atoms with Gasteiger partial charge < -0.3 is 21.6 Å². The molecule has 0 heterocycles. The zero-order chi connectivity index (χ0) is 12.0. The lowest BCUT2D eigenvalue weighted by atomic mass is 10.2. The zero-order valence-electron chi connectivity index (χ0n) is 10.6. The van der Waals surface area contributed by atoms with Crippen molar-refractivity contribution < 1.29 is 26.4 Å². The van der Waals surface area contributed by atoms with E-state index in [1.54, 1.807) is 0 Å². The van der Waals surface area contributed by atoms with Crippen molar-refractivity contribution in [3.05, 3.63) is 35.9 Å². The van der Waals surface area contributed by atoms with Crippen LogP contribution in [0.4, 0.5) is 0 Å². The Morgan fingerprint density at radius 3 is 2.29 bits per heavy atom. The van der Waals surface area contributed by atoms with E-state index < -0.39 is 0 Å². The van der Waals surface area contributed by atoms with Gasteiger partial charge in [-0.2, -0.15) is 0 Å². The SMILES string of the molecule is C[N+](C)(C)CCOC(=O)Cc1ccccc1.[Cl-]. The normalized spacial score (nSPS) is 10.5. The summed E-state index contributed by atoms with van der Waals surface area (Å²) in [6, 6.07) is 9.65. The molecule has 0 amide bonds. The highest BCUT2D eigenvalue weighted by Crippen LogP contribution is 2.01. The van der Waals surface area contributed by atoms with Crippen LogP contribution >= 0.6 is 0 Å². The van der Waals surface area contributed by atoms with E-state index in [4.69, 9.17) is 4.74 Å². The van der Waals surface area contributed by atoms with Crippen LogP contribution < -0.4 is 12.4 Å². The maximum Gasteiger partial charge on any atom is 0.310 e. The number of carbonyl (C=O) groups excluding carboxylic acids is 1. The van der Waals surface area contributed by atoms with Gasteiger partial charge >= 0.3 is 5.97 Å². The van der Waals surface area contributed by atoms with E-state index in [-0.39, 0.29) is 18.4 Å². The molecule has 0 aromatic heterocycles. The van der Waals surface area contributed by atoms with Crippen molar-refractivity contribution in [1.82, 2.24) is 0 Å². The predicted octanol–water partition coefficient (Wildman–Crippen LogP) is -1.52. The molecule has 0 saturated heterocycles. The lowest BCUT2D eigenvalue weighted by Crippen LogP contribution is -3.00. The third-order valence-corrected chi connectivity index (χ3v) is 2.22. The number of nitrogens with zero attached hydrogens (tertiary/aromatic N) is 1. The number of benzene rings is 1. The van der Waals surface area contributed by atoms with Gasteiger partial charge in [0.25, 0.3) is 0 Å². The highest BCUT2D eigenvalue weighted by atomic mass is 35.5. The lowest BCUT2D eigenvalue weighted by molar-refractivity contribution is -0.870. The summed E-state index contributed by atoms with van der Waals surface area (Å²) in [5.41, 5.74) is 0.998. The van der Waals surface area contributed by atoms with Gasteiger partial charge in [-0.25, -0.2) is 0 Å². The van der Waals surface area contributed by atoms with E-state index in [0.717, 1.165) is 16.6 Å². The molecule has 3 nitrogen and oxygen atoms in total. The highest BCUT2D eigenvalue weighted by molar-refractivity contribution is 5.72. The molecule has 17 heavy (non-hydrogen) atoms. The molecule has 4 heteroatoms. The third-order valence-electron chi connectivity index (χ3n) is 2.22. The van der Waals surface area contributed by atoms with E-state index >= 15 is 0 Å². The summed E-state index contributed by atoms with van der Waals surface area (Å²) >= 11 is 0. The molecule has 1 aromatic carbocycles. The topological polar surface area (TPSA) is 26.3 Å². The van der Waals surface area contributed by atoms with Crippen molar-refractivity contribution in [3.8, 4) is 0 Å². The van der Waals surface area contributed by atoms with Gasteiger partial charge in [-0.1, -0.05) is 30.3 Å². The number of esters is 1. The Balaban J connectivity index is 0.00000256. The monoisotopic (exact) mass is 257 g/mol. The van der Waals surface area contributed by atoms with Crippen LogP contribution in [0.3, 0.4) is 0 Å². The van der Waals surface area contributed by atoms with Gasteiger partial charge in [0.05, 0.1) is 27.6 Å². The summed E-state index contributed by atoms with van der Waals surface area (Å²) in [4.78, 5) is 11.5. The van der Waals surface area contributed by atoms with Crippen molar-refractivity contribution in [3.63, 3.8) is 0 Å². The van der Waals surface area contributed by atoms with Gasteiger partial charge in [0.1, 0.15) is 13.2 Å². The number of hydrogen-bond donors (Lipinski definition) is 0. The molecule has 0 aliphatic heterocycles. The molecule has 1 rings (SSSR count). The summed E-state index contributed by atoms with van der Waals surface area (Å²) in [5, 5.41) is 0. The third kappa shape index (κ3) is 7.77. The van der Waals surface area contributed by atoms with Gasteiger partial charge in [0.15, 0.2) is 0 Å². The second-order valence-corrected chi connectivity index (χ2v) is 4.90. The van der Waals surface area contributed by atoms with Crippen LogP contribution in [-0.4, -0.2) is 44.7 Å². The molecule has 0 fully saturated rings. The minimum absolute atomic E-state index is 0. The Labute approximate surface area is 109 Å². The smallest absolute Gasteiger partial charge is 0.310 e. The Kier molecular flexibility index (Phi) is 6.85. The summed E-state index contributed by atoms with van der Waals surface area (Å²) in [7, 11) is 6.22. The first kappa shape index (κ1) is 15.9. The number of carbonyl (C=O) groups is 1. The summed E-state index contributed by atoms with van der Waals surface area (Å²) in [5.74, 6) is -0.153. The van der Waals surface area contributed by atoms with Crippen molar-refractivity contribution >= 4 is 5.97 Å². The van der Waals surface area contributed by atoms with Crippen LogP contribution in [0.25, 0.3) is 0 Å². The number of likely N-dealkylation sites (N-methyl/N-ethyl adjacent to an activating group) is 1. The van der Waals surface area contributed by atoms with Crippen molar-refractivity contribution in [2.24, 2.45) is 0 Å². The number of quaternary nitrogens is 1. The molecule has 0 radical (unpaired) electrons. The second kappa shape index (κ2) is 7.30. The minimum Gasteiger partial charge on any atom is -1.00 e. The molecule has 96 valence electrons. The molecule has 0 aliphatic carbocycles. The van der Waals surface area contributed by atoms with Gasteiger partial charge in [-0.15, -0.1) is 0 Å². The Morgan fingerprint density at radius 2 is 1.76 bits per heavy atom. The first-order valence-electron chi connectivity index (χ1n) is 5.47. The maximum absolute atomic E-state index is 11.5. The second-order valence-electron chi connectivity index (χ2n) is 4.90. The fraction of sp³-hybridized carbons (Fsp3) is 0.462. The quantitative estimate of drug-likeness (QED) is 0.473. The maximum atomic E-state index is 11.5. The van der Waals surface area contributed by atoms with E-state index in [1.165, 1.54) is 0 Å². The predicted molar refractivity (Wildman–Crippen MR) is 64.0 cm³/mol. The highest BCUT2D eigenvalue weighted by Gasteiger charge is 2.09. The standard InChI is InChI=1S/C13H20NO2.ClH/c1-14(2,3)9-10-16-13(15)11-12-7-5-4-6-8-12;/h4-8H,9-11H2,1-3H3;1H/q+1;/p-1.